The van der Waals surface area contributed by atoms with Crippen molar-refractivity contribution in [1.29, 1.82) is 0 Å². The molecule has 0 aliphatic carbocycles. The number of nitrogens with zero attached hydrogens (tertiary/aromatic N) is 1. The zero-order valence-corrected chi connectivity index (χ0v) is 15.3. The fourth-order valence-corrected chi connectivity index (χ4v) is 4.41. The number of nitrogens with one attached hydrogen (secondary N) is 1. The molecule has 1 aromatic carbocycles. The fraction of sp³-hybridized carbons (Fsp3) is 0.471. The monoisotopic (exact) mass is 368 g/mol. The number of benzene rings is 1. The molecule has 1 aliphatic heterocycles. The summed E-state index contributed by atoms with van der Waals surface area (Å²) in [7, 11) is -0.765. The van der Waals surface area contributed by atoms with E-state index in [1.54, 1.807) is 18.2 Å². The topological polar surface area (TPSA) is 84.9 Å². The van der Waals surface area contributed by atoms with Crippen LogP contribution in [0.15, 0.2) is 35.7 Å². The van der Waals surface area contributed by atoms with Gasteiger partial charge in [-0.1, -0.05) is 6.08 Å². The molecule has 0 saturated carbocycles. The predicted molar refractivity (Wildman–Crippen MR) is 94.2 cm³/mol. The van der Waals surface area contributed by atoms with Crippen LogP contribution >= 0.6 is 0 Å². The second-order valence-electron chi connectivity index (χ2n) is 5.73. The number of hydrogen-bond donors (Lipinski definition) is 1. The van der Waals surface area contributed by atoms with Gasteiger partial charge in [0, 0.05) is 31.6 Å². The van der Waals surface area contributed by atoms with Crippen molar-refractivity contribution in [2.75, 3.05) is 33.9 Å². The van der Waals surface area contributed by atoms with Gasteiger partial charge in [0.15, 0.2) is 0 Å². The molecule has 0 spiro atoms. The first kappa shape index (κ1) is 19.3. The lowest BCUT2D eigenvalue weighted by atomic mass is 9.97. The highest BCUT2D eigenvalue weighted by molar-refractivity contribution is 7.89. The molecule has 25 heavy (non-hydrogen) atoms. The molecule has 0 unspecified atom stereocenters. The summed E-state index contributed by atoms with van der Waals surface area (Å²) in [6, 6.07) is 4.61. The van der Waals surface area contributed by atoms with Gasteiger partial charge in [0.05, 0.1) is 14.2 Å². The van der Waals surface area contributed by atoms with Crippen LogP contribution in [0.25, 0.3) is 0 Å². The summed E-state index contributed by atoms with van der Waals surface area (Å²) >= 11 is 0. The number of hydrogen-bond acceptors (Lipinski definition) is 5. The van der Waals surface area contributed by atoms with Gasteiger partial charge < -0.3 is 14.8 Å². The van der Waals surface area contributed by atoms with Gasteiger partial charge in [0.25, 0.3) is 0 Å². The first-order valence-corrected chi connectivity index (χ1v) is 9.48. The molecule has 1 N–H and O–H groups in total. The van der Waals surface area contributed by atoms with Crippen LogP contribution < -0.4 is 14.8 Å². The number of piperidine rings is 1. The van der Waals surface area contributed by atoms with Crippen LogP contribution in [0.4, 0.5) is 0 Å². The largest absolute Gasteiger partial charge is 0.497 e. The lowest BCUT2D eigenvalue weighted by Crippen LogP contribution is -2.43. The number of carbonyl (C=O) groups excluding carboxylic acids is 1. The third kappa shape index (κ3) is 4.32. The Morgan fingerprint density at radius 3 is 2.56 bits per heavy atom. The van der Waals surface area contributed by atoms with E-state index >= 15 is 0 Å². The Balaban J connectivity index is 2.12. The minimum absolute atomic E-state index is 0.0565. The average molecular weight is 368 g/mol. The zero-order valence-electron chi connectivity index (χ0n) is 14.5. The molecule has 0 radical (unpaired) electrons. The Bertz CT molecular complexity index is 725. The summed E-state index contributed by atoms with van der Waals surface area (Å²) in [5, 5.41) is 2.76. The van der Waals surface area contributed by atoms with Crippen molar-refractivity contribution in [2.24, 2.45) is 5.92 Å². The number of rotatable bonds is 7. The Morgan fingerprint density at radius 1 is 1.32 bits per heavy atom. The maximum Gasteiger partial charge on any atom is 0.246 e. The molecule has 0 aromatic heterocycles. The van der Waals surface area contributed by atoms with Crippen molar-refractivity contribution in [3.05, 3.63) is 30.9 Å². The summed E-state index contributed by atoms with van der Waals surface area (Å²) in [5.41, 5.74) is 0. The van der Waals surface area contributed by atoms with Crippen molar-refractivity contribution in [2.45, 2.75) is 17.7 Å². The van der Waals surface area contributed by atoms with Crippen LogP contribution in [-0.2, 0) is 14.8 Å². The van der Waals surface area contributed by atoms with Crippen molar-refractivity contribution < 1.29 is 22.7 Å². The van der Waals surface area contributed by atoms with Crippen LogP contribution in [0.3, 0.4) is 0 Å². The minimum Gasteiger partial charge on any atom is -0.497 e. The summed E-state index contributed by atoms with van der Waals surface area (Å²) in [5.74, 6) is 0.529. The van der Waals surface area contributed by atoms with E-state index in [1.807, 2.05) is 0 Å². The lowest BCUT2D eigenvalue weighted by molar-refractivity contribution is -0.125. The van der Waals surface area contributed by atoms with E-state index < -0.39 is 10.0 Å². The van der Waals surface area contributed by atoms with Crippen molar-refractivity contribution in [3.63, 3.8) is 0 Å². The van der Waals surface area contributed by atoms with Crippen LogP contribution in [0.2, 0.25) is 0 Å². The summed E-state index contributed by atoms with van der Waals surface area (Å²) in [6.45, 7) is 4.57. The Hall–Kier alpha value is -2.06. The maximum atomic E-state index is 12.9. The number of methoxy groups -OCH3 is 2. The lowest BCUT2D eigenvalue weighted by Gasteiger charge is -2.30. The molecule has 1 fully saturated rings. The smallest absolute Gasteiger partial charge is 0.246 e. The summed E-state index contributed by atoms with van der Waals surface area (Å²) < 4.78 is 37.5. The Kier molecular flexibility index (Phi) is 6.44. The van der Waals surface area contributed by atoms with Gasteiger partial charge in [-0.25, -0.2) is 8.42 Å². The molecule has 7 nitrogen and oxygen atoms in total. The Morgan fingerprint density at radius 2 is 2.00 bits per heavy atom. The first-order chi connectivity index (χ1) is 11.9. The number of carbonyl (C=O) groups is 1. The number of sulfonamides is 1. The molecule has 1 heterocycles. The van der Waals surface area contributed by atoms with Gasteiger partial charge in [0.2, 0.25) is 15.9 Å². The van der Waals surface area contributed by atoms with Gasteiger partial charge in [-0.2, -0.15) is 4.31 Å². The predicted octanol–water partition coefficient (Wildman–Crippen LogP) is 1.41. The third-order valence-electron chi connectivity index (χ3n) is 4.23. The van der Waals surface area contributed by atoms with E-state index in [-0.39, 0.29) is 22.5 Å². The number of amides is 1. The van der Waals surface area contributed by atoms with E-state index in [2.05, 4.69) is 11.9 Å². The molecular formula is C17H24N2O5S. The van der Waals surface area contributed by atoms with Gasteiger partial charge in [0.1, 0.15) is 16.4 Å². The molecule has 8 heteroatoms. The standard InChI is InChI=1S/C17H24N2O5S/c1-4-9-18-17(20)13-7-10-19(11-8-13)25(21,22)16-6-5-14(23-2)12-15(16)24-3/h4-6,12-13H,1,7-11H2,2-3H3,(H,18,20). The summed E-state index contributed by atoms with van der Waals surface area (Å²) in [6.07, 6.45) is 2.59. The molecule has 1 aliphatic rings. The molecular weight excluding hydrogens is 344 g/mol. The van der Waals surface area contributed by atoms with E-state index in [0.717, 1.165) is 0 Å². The van der Waals surface area contributed by atoms with Crippen LogP contribution in [0, 0.1) is 5.92 Å². The minimum atomic E-state index is -3.69. The normalized spacial score (nSPS) is 16.2. The van der Waals surface area contributed by atoms with Crippen molar-refractivity contribution in [3.8, 4) is 11.5 Å². The van der Waals surface area contributed by atoms with Crippen LogP contribution in [0.5, 0.6) is 11.5 Å². The SMILES string of the molecule is C=CCNC(=O)C1CCN(S(=O)(=O)c2ccc(OC)cc2OC)CC1. The molecule has 1 aromatic rings. The quantitative estimate of drug-likeness (QED) is 0.736. The molecule has 2 rings (SSSR count). The second kappa shape index (κ2) is 8.35. The van der Waals surface area contributed by atoms with Gasteiger partial charge in [-0.15, -0.1) is 6.58 Å². The second-order valence-corrected chi connectivity index (χ2v) is 7.64. The number of ether oxygens (including phenoxy) is 2. The molecule has 0 bridgehead atoms. The molecule has 0 atom stereocenters. The van der Waals surface area contributed by atoms with Gasteiger partial charge in [-0.05, 0) is 25.0 Å². The highest BCUT2D eigenvalue weighted by Crippen LogP contribution is 2.32. The first-order valence-electron chi connectivity index (χ1n) is 8.04. The van der Waals surface area contributed by atoms with Crippen molar-refractivity contribution >= 4 is 15.9 Å². The molecule has 138 valence electrons. The fourth-order valence-electron chi connectivity index (χ4n) is 2.80. The van der Waals surface area contributed by atoms with E-state index in [1.165, 1.54) is 24.6 Å². The Labute approximate surface area is 148 Å². The molecule has 1 amide bonds. The zero-order chi connectivity index (χ0) is 18.4. The van der Waals surface area contributed by atoms with Gasteiger partial charge in [-0.3, -0.25) is 4.79 Å². The average Bonchev–Trinajstić information content (AvgIpc) is 2.65. The highest BCUT2D eigenvalue weighted by atomic mass is 32.2. The maximum absolute atomic E-state index is 12.9. The van der Waals surface area contributed by atoms with E-state index in [4.69, 9.17) is 9.47 Å². The van der Waals surface area contributed by atoms with Crippen LogP contribution in [0.1, 0.15) is 12.8 Å². The van der Waals surface area contributed by atoms with Gasteiger partial charge >= 0.3 is 0 Å². The van der Waals surface area contributed by atoms with E-state index in [9.17, 15) is 13.2 Å². The summed E-state index contributed by atoms with van der Waals surface area (Å²) in [4.78, 5) is 12.1. The van der Waals surface area contributed by atoms with E-state index in [0.29, 0.717) is 38.2 Å². The highest BCUT2D eigenvalue weighted by Gasteiger charge is 2.33. The third-order valence-corrected chi connectivity index (χ3v) is 6.17. The van der Waals surface area contributed by atoms with Crippen molar-refractivity contribution in [1.82, 2.24) is 9.62 Å². The van der Waals surface area contributed by atoms with Crippen LogP contribution in [-0.4, -0.2) is 52.5 Å². The molecule has 1 saturated heterocycles.